The Labute approximate surface area is 207 Å². The Kier molecular flexibility index (Phi) is 14.1. The zero-order valence-corrected chi connectivity index (χ0v) is 20.1. The van der Waals surface area contributed by atoms with Crippen LogP contribution in [0.2, 0.25) is 0 Å². The van der Waals surface area contributed by atoms with E-state index in [2.05, 4.69) is 20.9 Å². The lowest BCUT2D eigenvalue weighted by Crippen LogP contribution is -2.58. The first kappa shape index (κ1) is 32.0. The molecule has 0 rings (SSSR count). The van der Waals surface area contributed by atoms with Crippen LogP contribution >= 0.6 is 0 Å². The molecule has 12 N–H and O–H groups in total. The number of guanidine groups is 1. The number of carbonyl (C=O) groups is 6. The third-order valence-electron chi connectivity index (χ3n) is 4.82. The van der Waals surface area contributed by atoms with Crippen LogP contribution in [0.25, 0.3) is 0 Å². The second kappa shape index (κ2) is 15.9. The van der Waals surface area contributed by atoms with Gasteiger partial charge in [0, 0.05) is 13.0 Å². The van der Waals surface area contributed by atoms with Crippen molar-refractivity contribution in [1.82, 2.24) is 16.0 Å². The first-order valence-corrected chi connectivity index (χ1v) is 11.0. The Morgan fingerprint density at radius 3 is 1.86 bits per heavy atom. The van der Waals surface area contributed by atoms with E-state index in [0.717, 1.165) is 0 Å². The number of amides is 3. The molecule has 0 fully saturated rings. The van der Waals surface area contributed by atoms with E-state index >= 15 is 0 Å². The summed E-state index contributed by atoms with van der Waals surface area (Å²) in [6.45, 7) is 3.29. The largest absolute Gasteiger partial charge is 0.481 e. The molecule has 0 aliphatic carbocycles. The summed E-state index contributed by atoms with van der Waals surface area (Å²) in [5, 5.41) is 34.1. The van der Waals surface area contributed by atoms with Gasteiger partial charge >= 0.3 is 17.9 Å². The van der Waals surface area contributed by atoms with Gasteiger partial charge in [0.25, 0.3) is 0 Å². The van der Waals surface area contributed by atoms with Gasteiger partial charge in [-0.1, -0.05) is 13.8 Å². The van der Waals surface area contributed by atoms with Gasteiger partial charge in [-0.15, -0.1) is 0 Å². The van der Waals surface area contributed by atoms with Crippen molar-refractivity contribution in [1.29, 1.82) is 0 Å². The van der Waals surface area contributed by atoms with Crippen LogP contribution in [0.4, 0.5) is 0 Å². The summed E-state index contributed by atoms with van der Waals surface area (Å²) in [6.07, 6.45) is -1.39. The van der Waals surface area contributed by atoms with Crippen molar-refractivity contribution in [2.45, 2.75) is 70.1 Å². The fourth-order valence-electron chi connectivity index (χ4n) is 2.91. The molecule has 0 saturated heterocycles. The molecule has 0 radical (unpaired) electrons. The van der Waals surface area contributed by atoms with E-state index in [1.807, 2.05) is 0 Å². The number of aliphatic carboxylic acids is 3. The number of hydrogen-bond acceptors (Lipinski definition) is 8. The molecule has 0 spiro atoms. The van der Waals surface area contributed by atoms with Gasteiger partial charge in [0.15, 0.2) is 5.96 Å². The van der Waals surface area contributed by atoms with Crippen molar-refractivity contribution in [3.63, 3.8) is 0 Å². The average molecular weight is 518 g/mol. The highest BCUT2D eigenvalue weighted by Gasteiger charge is 2.32. The molecule has 0 aliphatic rings. The first-order chi connectivity index (χ1) is 16.6. The number of nitrogens with one attached hydrogen (secondary N) is 3. The second-order valence-electron chi connectivity index (χ2n) is 8.28. The fourth-order valence-corrected chi connectivity index (χ4v) is 2.91. The molecule has 36 heavy (non-hydrogen) atoms. The van der Waals surface area contributed by atoms with Crippen molar-refractivity contribution >= 4 is 41.6 Å². The maximum absolute atomic E-state index is 12.8. The Morgan fingerprint density at radius 2 is 1.39 bits per heavy atom. The molecule has 0 aromatic carbocycles. The number of rotatable bonds is 17. The fraction of sp³-hybridized carbons (Fsp3) is 0.650. The Balaban J connectivity index is 5.45. The molecule has 0 aromatic heterocycles. The SMILES string of the molecule is CC(C)C(NC(=O)C(CCC(=O)O)NC(=O)C(N)CC(=O)O)C(=O)NC(CCCN=C(N)N)C(=O)O. The maximum atomic E-state index is 12.8. The predicted molar refractivity (Wildman–Crippen MR) is 125 cm³/mol. The molecule has 3 amide bonds. The van der Waals surface area contributed by atoms with E-state index in [9.17, 15) is 33.9 Å². The van der Waals surface area contributed by atoms with E-state index in [1.165, 1.54) is 0 Å². The lowest BCUT2D eigenvalue weighted by Gasteiger charge is -2.27. The molecule has 0 bridgehead atoms. The lowest BCUT2D eigenvalue weighted by molar-refractivity contribution is -0.142. The average Bonchev–Trinajstić information content (AvgIpc) is 2.75. The lowest BCUT2D eigenvalue weighted by atomic mass is 10.0. The minimum absolute atomic E-state index is 0.00459. The Bertz CT molecular complexity index is 843. The van der Waals surface area contributed by atoms with Gasteiger partial charge in [-0.2, -0.15) is 0 Å². The molecule has 16 heteroatoms. The van der Waals surface area contributed by atoms with Gasteiger partial charge < -0.3 is 48.5 Å². The number of nitrogens with two attached hydrogens (primary N) is 3. The molecule has 0 aliphatic heterocycles. The summed E-state index contributed by atoms with van der Waals surface area (Å²) in [5.41, 5.74) is 15.9. The molecular weight excluding hydrogens is 482 g/mol. The van der Waals surface area contributed by atoms with Crippen molar-refractivity contribution in [3.8, 4) is 0 Å². The maximum Gasteiger partial charge on any atom is 0.326 e. The number of nitrogens with zero attached hydrogens (tertiary/aromatic N) is 1. The standard InChI is InChI=1S/C20H35N7O9/c1-9(2)15(18(34)26-12(19(35)36)4-3-7-24-20(22)23)27-17(33)11(5-6-13(28)29)25-16(32)10(21)8-14(30)31/h9-12,15H,3-8,21H2,1-2H3,(H,25,32)(H,26,34)(H,27,33)(H,28,29)(H,30,31)(H,35,36)(H4,22,23,24). The van der Waals surface area contributed by atoms with Crippen LogP contribution in [0.5, 0.6) is 0 Å². The third kappa shape index (κ3) is 13.1. The van der Waals surface area contributed by atoms with Crippen molar-refractivity contribution in [2.24, 2.45) is 28.1 Å². The van der Waals surface area contributed by atoms with Crippen molar-refractivity contribution < 1.29 is 44.1 Å². The van der Waals surface area contributed by atoms with E-state index in [0.29, 0.717) is 0 Å². The Morgan fingerprint density at radius 1 is 0.806 bits per heavy atom. The van der Waals surface area contributed by atoms with Gasteiger partial charge in [-0.3, -0.25) is 29.0 Å². The van der Waals surface area contributed by atoms with Crippen LogP contribution in [0.15, 0.2) is 4.99 Å². The number of hydrogen-bond donors (Lipinski definition) is 9. The van der Waals surface area contributed by atoms with Crippen LogP contribution in [0.1, 0.15) is 46.0 Å². The molecule has 0 heterocycles. The van der Waals surface area contributed by atoms with Gasteiger partial charge in [0.2, 0.25) is 17.7 Å². The highest BCUT2D eigenvalue weighted by Crippen LogP contribution is 2.08. The highest BCUT2D eigenvalue weighted by atomic mass is 16.4. The summed E-state index contributed by atoms with van der Waals surface area (Å²) in [6, 6.07) is -5.49. The quantitative estimate of drug-likeness (QED) is 0.0526. The van der Waals surface area contributed by atoms with Crippen LogP contribution in [0, 0.1) is 5.92 Å². The summed E-state index contributed by atoms with van der Waals surface area (Å²) in [7, 11) is 0. The van der Waals surface area contributed by atoms with Crippen molar-refractivity contribution in [2.75, 3.05) is 6.54 Å². The first-order valence-electron chi connectivity index (χ1n) is 11.0. The zero-order chi connectivity index (χ0) is 28.0. The van der Waals surface area contributed by atoms with E-state index in [4.69, 9.17) is 27.4 Å². The number of carboxylic acids is 3. The summed E-state index contributed by atoms with van der Waals surface area (Å²) in [5.74, 6) is -7.38. The summed E-state index contributed by atoms with van der Waals surface area (Å²) in [4.78, 5) is 74.8. The van der Waals surface area contributed by atoms with Crippen LogP contribution in [0.3, 0.4) is 0 Å². The van der Waals surface area contributed by atoms with Crippen LogP contribution in [-0.2, 0) is 28.8 Å². The van der Waals surface area contributed by atoms with Crippen LogP contribution < -0.4 is 33.2 Å². The molecule has 0 saturated carbocycles. The number of carbonyl (C=O) groups excluding carboxylic acids is 3. The molecule has 16 nitrogen and oxygen atoms in total. The van der Waals surface area contributed by atoms with Gasteiger partial charge in [-0.05, 0) is 25.2 Å². The van der Waals surface area contributed by atoms with E-state index < -0.39 is 78.6 Å². The Hall–Kier alpha value is -3.95. The number of carboxylic acid groups (broad SMARTS) is 3. The van der Waals surface area contributed by atoms with Gasteiger partial charge in [0.05, 0.1) is 12.5 Å². The molecule has 4 unspecified atom stereocenters. The summed E-state index contributed by atoms with van der Waals surface area (Å²) < 4.78 is 0. The number of aliphatic imine (C=N–C) groups is 1. The zero-order valence-electron chi connectivity index (χ0n) is 20.1. The van der Waals surface area contributed by atoms with Gasteiger partial charge in [0.1, 0.15) is 18.1 Å². The van der Waals surface area contributed by atoms with E-state index in [1.54, 1.807) is 13.8 Å². The topological polar surface area (TPSA) is 290 Å². The van der Waals surface area contributed by atoms with E-state index in [-0.39, 0.29) is 31.8 Å². The second-order valence-corrected chi connectivity index (χ2v) is 8.28. The molecule has 204 valence electrons. The molecular formula is C20H35N7O9. The normalized spacial score (nSPS) is 14.0. The van der Waals surface area contributed by atoms with Gasteiger partial charge in [-0.25, -0.2) is 4.79 Å². The smallest absolute Gasteiger partial charge is 0.326 e. The third-order valence-corrected chi connectivity index (χ3v) is 4.82. The summed E-state index contributed by atoms with van der Waals surface area (Å²) >= 11 is 0. The highest BCUT2D eigenvalue weighted by molar-refractivity contribution is 5.95. The van der Waals surface area contributed by atoms with Crippen molar-refractivity contribution in [3.05, 3.63) is 0 Å². The minimum Gasteiger partial charge on any atom is -0.481 e. The minimum atomic E-state index is -1.50. The molecule has 0 aromatic rings. The molecule has 4 atom stereocenters. The monoisotopic (exact) mass is 517 g/mol. The van der Waals surface area contributed by atoms with Crippen LogP contribution in [-0.4, -0.2) is 87.6 Å². The predicted octanol–water partition coefficient (Wildman–Crippen LogP) is -3.10.